The van der Waals surface area contributed by atoms with Crippen molar-refractivity contribution in [3.8, 4) is 5.75 Å². The number of hydrogen-bond acceptors (Lipinski definition) is 5. The summed E-state index contributed by atoms with van der Waals surface area (Å²) in [5.74, 6) is 1.28. The molecule has 1 aliphatic heterocycles. The Morgan fingerprint density at radius 1 is 1.04 bits per heavy atom. The van der Waals surface area contributed by atoms with Crippen molar-refractivity contribution in [1.29, 1.82) is 0 Å². The van der Waals surface area contributed by atoms with E-state index in [1.54, 1.807) is 7.11 Å². The van der Waals surface area contributed by atoms with Crippen LogP contribution in [0.3, 0.4) is 0 Å². The van der Waals surface area contributed by atoms with Crippen LogP contribution < -0.4 is 9.64 Å². The number of methoxy groups -OCH3 is 1. The van der Waals surface area contributed by atoms with Gasteiger partial charge in [-0.15, -0.1) is 0 Å². The first-order valence-corrected chi connectivity index (χ1v) is 10.1. The van der Waals surface area contributed by atoms with E-state index < -0.39 is 0 Å². The highest BCUT2D eigenvalue weighted by Crippen LogP contribution is 2.37. The quantitative estimate of drug-likeness (QED) is 0.720. The van der Waals surface area contributed by atoms with E-state index in [0.29, 0.717) is 12.4 Å². The maximum absolute atomic E-state index is 11.1. The summed E-state index contributed by atoms with van der Waals surface area (Å²) in [6.45, 7) is 5.53. The van der Waals surface area contributed by atoms with E-state index >= 15 is 0 Å². The lowest BCUT2D eigenvalue weighted by Crippen LogP contribution is -2.48. The topological polar surface area (TPSA) is 42.0 Å². The molecule has 148 valence electrons. The van der Waals surface area contributed by atoms with Gasteiger partial charge < -0.3 is 14.4 Å². The number of rotatable bonds is 6. The van der Waals surface area contributed by atoms with Crippen LogP contribution in [0.4, 0.5) is 5.69 Å². The van der Waals surface area contributed by atoms with Crippen molar-refractivity contribution >= 4 is 12.2 Å². The van der Waals surface area contributed by atoms with E-state index in [4.69, 9.17) is 9.47 Å². The highest BCUT2D eigenvalue weighted by Gasteiger charge is 2.33. The molecule has 2 aromatic carbocycles. The van der Waals surface area contributed by atoms with Crippen LogP contribution in [-0.2, 0) is 16.0 Å². The minimum Gasteiger partial charge on any atom is -0.495 e. The lowest BCUT2D eigenvalue weighted by Gasteiger charge is -2.40. The third-order valence-electron chi connectivity index (χ3n) is 6.07. The summed E-state index contributed by atoms with van der Waals surface area (Å²) >= 11 is 0. The zero-order valence-corrected chi connectivity index (χ0v) is 16.4. The van der Waals surface area contributed by atoms with Crippen LogP contribution in [0.25, 0.3) is 0 Å². The van der Waals surface area contributed by atoms with Crippen molar-refractivity contribution in [3.63, 3.8) is 0 Å². The molecule has 1 heterocycles. The molecule has 0 N–H and O–H groups in total. The summed E-state index contributed by atoms with van der Waals surface area (Å²) in [5, 5.41) is 0. The van der Waals surface area contributed by atoms with Gasteiger partial charge in [-0.3, -0.25) is 9.69 Å². The molecule has 2 atom stereocenters. The van der Waals surface area contributed by atoms with E-state index in [2.05, 4.69) is 40.1 Å². The molecule has 4 rings (SSSR count). The Hall–Kier alpha value is -2.53. The van der Waals surface area contributed by atoms with Crippen LogP contribution in [-0.4, -0.2) is 51.2 Å². The average Bonchev–Trinajstić information content (AvgIpc) is 2.76. The number of benzene rings is 2. The van der Waals surface area contributed by atoms with Crippen molar-refractivity contribution in [3.05, 3.63) is 59.7 Å². The fraction of sp³-hybridized carbons (Fsp3) is 0.435. The summed E-state index contributed by atoms with van der Waals surface area (Å²) < 4.78 is 11.1. The molecule has 5 nitrogen and oxygen atoms in total. The summed E-state index contributed by atoms with van der Waals surface area (Å²) in [4.78, 5) is 16.0. The highest BCUT2D eigenvalue weighted by atomic mass is 16.5. The smallest absolute Gasteiger partial charge is 0.293 e. The van der Waals surface area contributed by atoms with E-state index in [1.807, 2.05) is 18.2 Å². The number of carbonyl (C=O) groups is 1. The molecule has 2 aromatic rings. The molecule has 0 spiro atoms. The Balaban J connectivity index is 1.40. The van der Waals surface area contributed by atoms with Crippen LogP contribution in [0.1, 0.15) is 23.7 Å². The van der Waals surface area contributed by atoms with Crippen molar-refractivity contribution in [2.24, 2.45) is 5.92 Å². The van der Waals surface area contributed by atoms with Crippen LogP contribution in [0.5, 0.6) is 5.75 Å². The lowest BCUT2D eigenvalue weighted by molar-refractivity contribution is -0.137. The molecule has 28 heavy (non-hydrogen) atoms. The average molecular weight is 380 g/mol. The number of nitrogens with zero attached hydrogens (tertiary/aromatic N) is 2. The third kappa shape index (κ3) is 3.85. The Morgan fingerprint density at radius 2 is 1.79 bits per heavy atom. The fourth-order valence-corrected chi connectivity index (χ4v) is 4.61. The second-order valence-electron chi connectivity index (χ2n) is 7.61. The first-order chi connectivity index (χ1) is 13.8. The number of para-hydroxylation sites is 2. The molecule has 2 unspecified atom stereocenters. The largest absolute Gasteiger partial charge is 0.495 e. The van der Waals surface area contributed by atoms with Crippen molar-refractivity contribution in [2.75, 3.05) is 44.7 Å². The number of ether oxygens (including phenoxy) is 2. The molecule has 2 aliphatic rings. The monoisotopic (exact) mass is 380 g/mol. The van der Waals surface area contributed by atoms with Gasteiger partial charge in [-0.05, 0) is 36.1 Å². The normalized spacial score (nSPS) is 22.4. The number of hydrogen-bond donors (Lipinski definition) is 0. The molecule has 0 amide bonds. The van der Waals surface area contributed by atoms with Crippen molar-refractivity contribution < 1.29 is 14.3 Å². The van der Waals surface area contributed by atoms with Crippen LogP contribution in [0.2, 0.25) is 0 Å². The van der Waals surface area contributed by atoms with Gasteiger partial charge in [0, 0.05) is 38.6 Å². The molecule has 5 heteroatoms. The Labute approximate surface area is 166 Å². The van der Waals surface area contributed by atoms with Gasteiger partial charge in [-0.25, -0.2) is 0 Å². The van der Waals surface area contributed by atoms with Gasteiger partial charge in [0.2, 0.25) is 0 Å². The number of aryl methyl sites for hydroxylation is 1. The van der Waals surface area contributed by atoms with Crippen LogP contribution in [0.15, 0.2) is 48.5 Å². The molecular formula is C23H28N2O3. The maximum Gasteiger partial charge on any atom is 0.293 e. The minimum absolute atomic E-state index is 0.130. The molecule has 0 radical (unpaired) electrons. The second kappa shape index (κ2) is 8.65. The minimum atomic E-state index is -0.130. The molecule has 0 aromatic heterocycles. The Morgan fingerprint density at radius 3 is 2.57 bits per heavy atom. The van der Waals surface area contributed by atoms with Gasteiger partial charge in [-0.1, -0.05) is 36.4 Å². The Bertz CT molecular complexity index is 802. The van der Waals surface area contributed by atoms with Crippen LogP contribution in [0, 0.1) is 5.92 Å². The molecule has 0 bridgehead atoms. The standard InChI is InChI=1S/C23H28N2O3/c1-27-22-9-5-4-8-21(22)25-14-12-24(13-15-25)16-19-11-10-18-6-2-3-7-20(18)23(19)28-17-26/h2-9,17,19,23H,10-16H2,1H3. The summed E-state index contributed by atoms with van der Waals surface area (Å²) in [6.07, 6.45) is 1.98. The first-order valence-electron chi connectivity index (χ1n) is 10.1. The van der Waals surface area contributed by atoms with Gasteiger partial charge in [0.1, 0.15) is 11.9 Å². The third-order valence-corrected chi connectivity index (χ3v) is 6.07. The summed E-state index contributed by atoms with van der Waals surface area (Å²) in [6, 6.07) is 16.6. The van der Waals surface area contributed by atoms with Gasteiger partial charge in [0.25, 0.3) is 6.47 Å². The van der Waals surface area contributed by atoms with Crippen molar-refractivity contribution in [2.45, 2.75) is 18.9 Å². The second-order valence-corrected chi connectivity index (χ2v) is 7.61. The van der Waals surface area contributed by atoms with Crippen LogP contribution >= 0.6 is 0 Å². The van der Waals surface area contributed by atoms with Gasteiger partial charge >= 0.3 is 0 Å². The molecule has 0 saturated carbocycles. The first kappa shape index (κ1) is 18.8. The van der Waals surface area contributed by atoms with Gasteiger partial charge in [-0.2, -0.15) is 0 Å². The molecule has 1 aliphatic carbocycles. The summed E-state index contributed by atoms with van der Waals surface area (Å²) in [5.41, 5.74) is 3.66. The highest BCUT2D eigenvalue weighted by molar-refractivity contribution is 5.58. The number of carbonyl (C=O) groups excluding carboxylic acids is 1. The number of anilines is 1. The Kier molecular flexibility index (Phi) is 5.81. The zero-order valence-electron chi connectivity index (χ0n) is 16.4. The maximum atomic E-state index is 11.1. The number of piperazine rings is 1. The zero-order chi connectivity index (χ0) is 19.3. The van der Waals surface area contributed by atoms with E-state index in [-0.39, 0.29) is 6.10 Å². The van der Waals surface area contributed by atoms with Gasteiger partial charge in [0.05, 0.1) is 12.8 Å². The number of fused-ring (bicyclic) bond motifs is 1. The molecule has 1 saturated heterocycles. The van der Waals surface area contributed by atoms with E-state index in [0.717, 1.165) is 51.3 Å². The van der Waals surface area contributed by atoms with Crippen molar-refractivity contribution in [1.82, 2.24) is 4.90 Å². The lowest BCUT2D eigenvalue weighted by atomic mass is 9.81. The SMILES string of the molecule is COc1ccccc1N1CCN(CC2CCc3ccccc3C2OC=O)CC1. The predicted octanol–water partition coefficient (Wildman–Crippen LogP) is 3.29. The van der Waals surface area contributed by atoms with E-state index in [9.17, 15) is 4.79 Å². The predicted molar refractivity (Wildman–Crippen MR) is 110 cm³/mol. The summed E-state index contributed by atoms with van der Waals surface area (Å²) in [7, 11) is 1.73. The molecular weight excluding hydrogens is 352 g/mol. The molecule has 1 fully saturated rings. The van der Waals surface area contributed by atoms with Gasteiger partial charge in [0.15, 0.2) is 0 Å². The fourth-order valence-electron chi connectivity index (χ4n) is 4.61. The van der Waals surface area contributed by atoms with E-state index in [1.165, 1.54) is 16.8 Å².